The van der Waals surface area contributed by atoms with Crippen molar-refractivity contribution in [3.8, 4) is 0 Å². The number of para-hydroxylation sites is 1. The van der Waals surface area contributed by atoms with Crippen LogP contribution in [0.15, 0.2) is 41.4 Å². The van der Waals surface area contributed by atoms with Crippen LogP contribution < -0.4 is 16.0 Å². The van der Waals surface area contributed by atoms with Crippen LogP contribution in [0.3, 0.4) is 0 Å². The molecule has 0 amide bonds. The maximum atomic E-state index is 12.5. The van der Waals surface area contributed by atoms with E-state index in [1.165, 1.54) is 4.90 Å². The SMILES string of the molecule is CN=C(NCCNc1ccc2ccccc2n1)NC1CCN(CC(F)(F)F)C1. The molecule has 1 fully saturated rings. The molecular weight excluding hydrogens is 369 g/mol. The van der Waals surface area contributed by atoms with Gasteiger partial charge in [-0.2, -0.15) is 13.2 Å². The van der Waals surface area contributed by atoms with Crippen LogP contribution in [0, 0.1) is 0 Å². The van der Waals surface area contributed by atoms with Crippen molar-refractivity contribution in [1.82, 2.24) is 20.5 Å². The topological polar surface area (TPSA) is 64.6 Å². The van der Waals surface area contributed by atoms with E-state index in [0.29, 0.717) is 38.6 Å². The first-order valence-corrected chi connectivity index (χ1v) is 9.29. The van der Waals surface area contributed by atoms with Gasteiger partial charge in [-0.05, 0) is 24.6 Å². The number of nitrogens with zero attached hydrogens (tertiary/aromatic N) is 3. The van der Waals surface area contributed by atoms with Crippen LogP contribution in [0.5, 0.6) is 0 Å². The minimum absolute atomic E-state index is 0.0383. The van der Waals surface area contributed by atoms with Gasteiger partial charge in [0, 0.05) is 44.7 Å². The number of rotatable bonds is 6. The number of aliphatic imine (C=N–C) groups is 1. The Morgan fingerprint density at radius 2 is 2.04 bits per heavy atom. The average molecular weight is 394 g/mol. The smallest absolute Gasteiger partial charge is 0.368 e. The van der Waals surface area contributed by atoms with E-state index in [1.807, 2.05) is 36.4 Å². The molecule has 1 unspecified atom stereocenters. The third-order valence-corrected chi connectivity index (χ3v) is 4.56. The van der Waals surface area contributed by atoms with Crippen molar-refractivity contribution < 1.29 is 13.2 Å². The van der Waals surface area contributed by atoms with Crippen molar-refractivity contribution in [3.63, 3.8) is 0 Å². The lowest BCUT2D eigenvalue weighted by molar-refractivity contribution is -0.143. The number of halogens is 3. The average Bonchev–Trinajstić information content (AvgIpc) is 3.09. The van der Waals surface area contributed by atoms with Crippen molar-refractivity contribution in [2.75, 3.05) is 45.1 Å². The van der Waals surface area contributed by atoms with E-state index in [2.05, 4.69) is 25.9 Å². The molecular formula is C19H25F3N6. The molecule has 1 aliphatic heterocycles. The lowest BCUT2D eigenvalue weighted by Gasteiger charge is -2.20. The standard InChI is InChI=1S/C19H25F3N6/c1-23-18(26-15-8-11-28(12-15)13-19(20,21)22)25-10-9-24-17-7-6-14-4-2-3-5-16(14)27-17/h2-7,15H,8-13H2,1H3,(H,24,27)(H2,23,25,26). The zero-order valence-electron chi connectivity index (χ0n) is 15.8. The molecule has 2 aromatic rings. The van der Waals surface area contributed by atoms with Gasteiger partial charge in [-0.1, -0.05) is 18.2 Å². The second-order valence-corrected chi connectivity index (χ2v) is 6.80. The van der Waals surface area contributed by atoms with Gasteiger partial charge in [0.15, 0.2) is 5.96 Å². The van der Waals surface area contributed by atoms with E-state index in [0.717, 1.165) is 16.7 Å². The van der Waals surface area contributed by atoms with E-state index in [9.17, 15) is 13.2 Å². The Labute approximate surface area is 162 Å². The second-order valence-electron chi connectivity index (χ2n) is 6.80. The summed E-state index contributed by atoms with van der Waals surface area (Å²) in [5, 5.41) is 10.7. The van der Waals surface area contributed by atoms with Crippen molar-refractivity contribution in [1.29, 1.82) is 0 Å². The highest BCUT2D eigenvalue weighted by atomic mass is 19.4. The molecule has 3 N–H and O–H groups in total. The minimum Gasteiger partial charge on any atom is -0.368 e. The van der Waals surface area contributed by atoms with Crippen LogP contribution in [-0.4, -0.2) is 67.8 Å². The molecule has 0 aliphatic carbocycles. The van der Waals surface area contributed by atoms with Gasteiger partial charge in [-0.15, -0.1) is 0 Å². The van der Waals surface area contributed by atoms with Crippen molar-refractivity contribution in [2.45, 2.75) is 18.6 Å². The number of hydrogen-bond donors (Lipinski definition) is 3. The summed E-state index contributed by atoms with van der Waals surface area (Å²) < 4.78 is 37.5. The van der Waals surface area contributed by atoms with Crippen LogP contribution in [0.25, 0.3) is 10.9 Å². The Morgan fingerprint density at radius 1 is 1.21 bits per heavy atom. The second kappa shape index (κ2) is 9.09. The molecule has 1 aliphatic rings. The van der Waals surface area contributed by atoms with Gasteiger partial charge < -0.3 is 16.0 Å². The van der Waals surface area contributed by atoms with Crippen LogP contribution in [0.4, 0.5) is 19.0 Å². The molecule has 0 spiro atoms. The Balaban J connectivity index is 1.39. The van der Waals surface area contributed by atoms with E-state index >= 15 is 0 Å². The van der Waals surface area contributed by atoms with Crippen LogP contribution in [0.1, 0.15) is 6.42 Å². The summed E-state index contributed by atoms with van der Waals surface area (Å²) in [7, 11) is 1.65. The van der Waals surface area contributed by atoms with Crippen molar-refractivity contribution >= 4 is 22.7 Å². The molecule has 9 heteroatoms. The number of nitrogens with one attached hydrogen (secondary N) is 3. The summed E-state index contributed by atoms with van der Waals surface area (Å²) in [6, 6.07) is 11.8. The van der Waals surface area contributed by atoms with E-state index < -0.39 is 12.7 Å². The zero-order valence-corrected chi connectivity index (χ0v) is 15.8. The molecule has 0 saturated carbocycles. The lowest BCUT2D eigenvalue weighted by Crippen LogP contribution is -2.46. The molecule has 28 heavy (non-hydrogen) atoms. The van der Waals surface area contributed by atoms with Crippen LogP contribution in [-0.2, 0) is 0 Å². The Bertz CT molecular complexity index is 808. The molecule has 152 valence electrons. The minimum atomic E-state index is -4.16. The monoisotopic (exact) mass is 394 g/mol. The normalized spacial score (nSPS) is 18.4. The molecule has 0 bridgehead atoms. The number of fused-ring (bicyclic) bond motifs is 1. The molecule has 1 aromatic heterocycles. The first-order valence-electron chi connectivity index (χ1n) is 9.29. The number of benzene rings is 1. The van der Waals surface area contributed by atoms with E-state index in [-0.39, 0.29) is 6.04 Å². The predicted molar refractivity (Wildman–Crippen MR) is 106 cm³/mol. The van der Waals surface area contributed by atoms with Gasteiger partial charge in [0.2, 0.25) is 0 Å². The maximum absolute atomic E-state index is 12.5. The van der Waals surface area contributed by atoms with Crippen LogP contribution in [0.2, 0.25) is 0 Å². The van der Waals surface area contributed by atoms with Crippen molar-refractivity contribution in [3.05, 3.63) is 36.4 Å². The highest BCUT2D eigenvalue weighted by molar-refractivity contribution is 5.80. The summed E-state index contributed by atoms with van der Waals surface area (Å²) in [4.78, 5) is 10.1. The summed E-state index contributed by atoms with van der Waals surface area (Å²) >= 11 is 0. The number of pyridine rings is 1. The van der Waals surface area contributed by atoms with Gasteiger partial charge >= 0.3 is 6.18 Å². The molecule has 2 heterocycles. The van der Waals surface area contributed by atoms with Gasteiger partial charge in [0.1, 0.15) is 5.82 Å². The number of alkyl halides is 3. The Kier molecular flexibility index (Phi) is 6.56. The lowest BCUT2D eigenvalue weighted by atomic mass is 10.2. The Morgan fingerprint density at radius 3 is 2.82 bits per heavy atom. The van der Waals surface area contributed by atoms with Gasteiger partial charge in [-0.25, -0.2) is 4.98 Å². The van der Waals surface area contributed by atoms with Gasteiger partial charge in [0.25, 0.3) is 0 Å². The number of guanidine groups is 1. The van der Waals surface area contributed by atoms with Gasteiger partial charge in [-0.3, -0.25) is 9.89 Å². The molecule has 1 saturated heterocycles. The molecule has 1 aromatic carbocycles. The van der Waals surface area contributed by atoms with Crippen molar-refractivity contribution in [2.24, 2.45) is 4.99 Å². The largest absolute Gasteiger partial charge is 0.401 e. The number of likely N-dealkylation sites (tertiary alicyclic amines) is 1. The van der Waals surface area contributed by atoms with E-state index in [1.54, 1.807) is 7.05 Å². The molecule has 1 atom stereocenters. The summed E-state index contributed by atoms with van der Waals surface area (Å²) in [5.74, 6) is 1.38. The molecule has 0 radical (unpaired) electrons. The van der Waals surface area contributed by atoms with E-state index in [4.69, 9.17) is 0 Å². The fraction of sp³-hybridized carbons (Fsp3) is 0.474. The number of aromatic nitrogens is 1. The maximum Gasteiger partial charge on any atom is 0.401 e. The zero-order chi connectivity index (χ0) is 20.0. The first kappa shape index (κ1) is 20.2. The third-order valence-electron chi connectivity index (χ3n) is 4.56. The highest BCUT2D eigenvalue weighted by Crippen LogP contribution is 2.20. The number of anilines is 1. The summed E-state index contributed by atoms with van der Waals surface area (Å²) in [6.07, 6.45) is -3.49. The summed E-state index contributed by atoms with van der Waals surface area (Å²) in [6.45, 7) is 1.17. The third kappa shape index (κ3) is 5.98. The molecule has 3 rings (SSSR count). The predicted octanol–water partition coefficient (Wildman–Crippen LogP) is 2.45. The van der Waals surface area contributed by atoms with Gasteiger partial charge in [0.05, 0.1) is 12.1 Å². The Hall–Kier alpha value is -2.55. The highest BCUT2D eigenvalue weighted by Gasteiger charge is 2.34. The van der Waals surface area contributed by atoms with Crippen LogP contribution >= 0.6 is 0 Å². The quantitative estimate of drug-likeness (QED) is 0.399. The fourth-order valence-electron chi connectivity index (χ4n) is 3.27. The fourth-order valence-corrected chi connectivity index (χ4v) is 3.27. The summed E-state index contributed by atoms with van der Waals surface area (Å²) in [5.41, 5.74) is 0.933. The number of hydrogen-bond acceptors (Lipinski definition) is 4. The first-order chi connectivity index (χ1) is 13.4. The molecule has 6 nitrogen and oxygen atoms in total.